The van der Waals surface area contributed by atoms with Gasteiger partial charge in [-0.25, -0.2) is 4.98 Å². The number of hydrogen-bond donors (Lipinski definition) is 1. The molecule has 0 spiro atoms. The van der Waals surface area contributed by atoms with Crippen molar-refractivity contribution in [2.24, 2.45) is 5.73 Å². The summed E-state index contributed by atoms with van der Waals surface area (Å²) in [6.45, 7) is 3.44. The Labute approximate surface area is 95.8 Å². The van der Waals surface area contributed by atoms with E-state index in [4.69, 9.17) is 15.5 Å². The van der Waals surface area contributed by atoms with Gasteiger partial charge in [0.05, 0.1) is 12.2 Å². The van der Waals surface area contributed by atoms with Crippen LogP contribution in [0, 0.1) is 0 Å². The second-order valence-electron chi connectivity index (χ2n) is 4.71. The molecule has 1 aromatic rings. The second-order valence-corrected chi connectivity index (χ2v) is 4.71. The average Bonchev–Trinajstić information content (AvgIpc) is 2.91. The van der Waals surface area contributed by atoms with Crippen molar-refractivity contribution in [3.63, 3.8) is 0 Å². The number of rotatable bonds is 2. The third-order valence-corrected chi connectivity index (χ3v) is 3.77. The highest BCUT2D eigenvalue weighted by molar-refractivity contribution is 5.24. The van der Waals surface area contributed by atoms with Gasteiger partial charge in [-0.2, -0.15) is 0 Å². The predicted octanol–water partition coefficient (Wildman–Crippen LogP) is 1.18. The maximum Gasteiger partial charge on any atom is 0.123 e. The SMILES string of the molecule is NCc1nc(C2CCOCC2)c2n1CCC2. The fourth-order valence-corrected chi connectivity index (χ4v) is 2.94. The first kappa shape index (κ1) is 10.3. The van der Waals surface area contributed by atoms with Crippen LogP contribution in [-0.2, 0) is 24.2 Å². The zero-order chi connectivity index (χ0) is 11.0. The van der Waals surface area contributed by atoms with Gasteiger partial charge in [0.1, 0.15) is 5.82 Å². The van der Waals surface area contributed by atoms with Gasteiger partial charge in [-0.3, -0.25) is 0 Å². The minimum Gasteiger partial charge on any atom is -0.381 e. The molecule has 0 unspecified atom stereocenters. The Bertz CT molecular complexity index is 380. The molecular formula is C12H19N3O. The third-order valence-electron chi connectivity index (χ3n) is 3.77. The van der Waals surface area contributed by atoms with Crippen molar-refractivity contribution in [3.8, 4) is 0 Å². The van der Waals surface area contributed by atoms with Crippen molar-refractivity contribution in [2.45, 2.75) is 44.7 Å². The monoisotopic (exact) mass is 221 g/mol. The zero-order valence-corrected chi connectivity index (χ0v) is 9.61. The summed E-state index contributed by atoms with van der Waals surface area (Å²) in [5.41, 5.74) is 8.53. The van der Waals surface area contributed by atoms with Crippen molar-refractivity contribution in [1.82, 2.24) is 9.55 Å². The van der Waals surface area contributed by atoms with Crippen LogP contribution in [0.25, 0.3) is 0 Å². The molecule has 2 N–H and O–H groups in total. The molecule has 1 fully saturated rings. The van der Waals surface area contributed by atoms with Crippen LogP contribution in [0.2, 0.25) is 0 Å². The van der Waals surface area contributed by atoms with E-state index in [-0.39, 0.29) is 0 Å². The maximum atomic E-state index is 5.76. The first-order valence-electron chi connectivity index (χ1n) is 6.26. The van der Waals surface area contributed by atoms with Crippen LogP contribution in [0.4, 0.5) is 0 Å². The van der Waals surface area contributed by atoms with Crippen molar-refractivity contribution in [2.75, 3.05) is 13.2 Å². The van der Waals surface area contributed by atoms with E-state index in [0.29, 0.717) is 12.5 Å². The number of aromatic nitrogens is 2. The van der Waals surface area contributed by atoms with Gasteiger partial charge in [0.25, 0.3) is 0 Å². The van der Waals surface area contributed by atoms with Gasteiger partial charge >= 0.3 is 0 Å². The number of nitrogens with two attached hydrogens (primary N) is 1. The lowest BCUT2D eigenvalue weighted by atomic mass is 9.94. The molecule has 2 aliphatic heterocycles. The number of ether oxygens (including phenoxy) is 1. The van der Waals surface area contributed by atoms with E-state index in [1.54, 1.807) is 0 Å². The molecule has 0 atom stereocenters. The first-order valence-corrected chi connectivity index (χ1v) is 6.26. The molecule has 0 bridgehead atoms. The van der Waals surface area contributed by atoms with Crippen LogP contribution in [0.3, 0.4) is 0 Å². The van der Waals surface area contributed by atoms with E-state index < -0.39 is 0 Å². The summed E-state index contributed by atoms with van der Waals surface area (Å²) >= 11 is 0. The topological polar surface area (TPSA) is 53.1 Å². The summed E-state index contributed by atoms with van der Waals surface area (Å²) in [5, 5.41) is 0. The molecule has 0 amide bonds. The Morgan fingerprint density at radius 2 is 2.19 bits per heavy atom. The molecule has 2 aliphatic rings. The standard InChI is InChI=1S/C12H19N3O/c13-8-11-14-12(9-3-6-16-7-4-9)10-2-1-5-15(10)11/h9H,1-8,13H2. The molecule has 3 rings (SSSR count). The summed E-state index contributed by atoms with van der Waals surface area (Å²) in [5.74, 6) is 1.68. The van der Waals surface area contributed by atoms with Crippen molar-refractivity contribution in [3.05, 3.63) is 17.2 Å². The van der Waals surface area contributed by atoms with Crippen LogP contribution in [0.5, 0.6) is 0 Å². The summed E-state index contributed by atoms with van der Waals surface area (Å²) in [7, 11) is 0. The van der Waals surface area contributed by atoms with Gasteiger partial charge in [0.15, 0.2) is 0 Å². The van der Waals surface area contributed by atoms with Crippen molar-refractivity contribution in [1.29, 1.82) is 0 Å². The van der Waals surface area contributed by atoms with Gasteiger partial charge in [0.2, 0.25) is 0 Å². The number of hydrogen-bond acceptors (Lipinski definition) is 3. The highest BCUT2D eigenvalue weighted by atomic mass is 16.5. The van der Waals surface area contributed by atoms with Crippen LogP contribution < -0.4 is 5.73 Å². The summed E-state index contributed by atoms with van der Waals surface area (Å²) < 4.78 is 7.75. The molecule has 3 heterocycles. The van der Waals surface area contributed by atoms with Crippen LogP contribution >= 0.6 is 0 Å². The largest absolute Gasteiger partial charge is 0.381 e. The molecule has 0 aliphatic carbocycles. The Morgan fingerprint density at radius 1 is 1.38 bits per heavy atom. The molecular weight excluding hydrogens is 202 g/mol. The average molecular weight is 221 g/mol. The first-order chi connectivity index (χ1) is 7.90. The smallest absolute Gasteiger partial charge is 0.123 e. The van der Waals surface area contributed by atoms with Crippen LogP contribution in [0.15, 0.2) is 0 Å². The molecule has 1 saturated heterocycles. The zero-order valence-electron chi connectivity index (χ0n) is 9.61. The Kier molecular flexibility index (Phi) is 2.69. The summed E-state index contributed by atoms with van der Waals surface area (Å²) in [6, 6.07) is 0. The summed E-state index contributed by atoms with van der Waals surface area (Å²) in [6.07, 6.45) is 4.67. The second kappa shape index (κ2) is 4.18. The normalized spacial score (nSPS) is 21.3. The molecule has 1 aromatic heterocycles. The Morgan fingerprint density at radius 3 is 2.94 bits per heavy atom. The van der Waals surface area contributed by atoms with Gasteiger partial charge in [-0.15, -0.1) is 0 Å². The highest BCUT2D eigenvalue weighted by Crippen LogP contribution is 2.32. The van der Waals surface area contributed by atoms with Gasteiger partial charge in [-0.05, 0) is 25.7 Å². The lowest BCUT2D eigenvalue weighted by Gasteiger charge is -2.21. The molecule has 4 heteroatoms. The molecule has 0 saturated carbocycles. The third kappa shape index (κ3) is 1.57. The fourth-order valence-electron chi connectivity index (χ4n) is 2.94. The minimum absolute atomic E-state index is 0.566. The quantitative estimate of drug-likeness (QED) is 0.816. The maximum absolute atomic E-state index is 5.76. The molecule has 16 heavy (non-hydrogen) atoms. The van der Waals surface area contributed by atoms with Crippen LogP contribution in [0.1, 0.15) is 42.4 Å². The lowest BCUT2D eigenvalue weighted by molar-refractivity contribution is 0.0844. The number of fused-ring (bicyclic) bond motifs is 1. The van der Waals surface area contributed by atoms with E-state index in [2.05, 4.69) is 4.57 Å². The van der Waals surface area contributed by atoms with Crippen molar-refractivity contribution >= 4 is 0 Å². The number of imidazole rings is 1. The molecule has 4 nitrogen and oxygen atoms in total. The van der Waals surface area contributed by atoms with E-state index >= 15 is 0 Å². The van der Waals surface area contributed by atoms with E-state index in [1.807, 2.05) is 0 Å². The van der Waals surface area contributed by atoms with Crippen molar-refractivity contribution < 1.29 is 4.74 Å². The van der Waals surface area contributed by atoms with E-state index in [1.165, 1.54) is 24.2 Å². The lowest BCUT2D eigenvalue weighted by Crippen LogP contribution is -2.15. The molecule has 88 valence electrons. The molecule has 0 radical (unpaired) electrons. The Balaban J connectivity index is 1.94. The summed E-state index contributed by atoms with van der Waals surface area (Å²) in [4.78, 5) is 4.76. The minimum atomic E-state index is 0.566. The van der Waals surface area contributed by atoms with Crippen LogP contribution in [-0.4, -0.2) is 22.8 Å². The fraction of sp³-hybridized carbons (Fsp3) is 0.750. The van der Waals surface area contributed by atoms with Gasteiger partial charge in [0, 0.05) is 31.4 Å². The van der Waals surface area contributed by atoms with E-state index in [9.17, 15) is 0 Å². The predicted molar refractivity (Wildman–Crippen MR) is 61.2 cm³/mol. The van der Waals surface area contributed by atoms with E-state index in [0.717, 1.165) is 38.4 Å². The number of nitrogens with zero attached hydrogens (tertiary/aromatic N) is 2. The Hall–Kier alpha value is -0.870. The molecule has 0 aromatic carbocycles. The van der Waals surface area contributed by atoms with Gasteiger partial charge < -0.3 is 15.0 Å². The van der Waals surface area contributed by atoms with Gasteiger partial charge in [-0.1, -0.05) is 0 Å². The highest BCUT2D eigenvalue weighted by Gasteiger charge is 2.27.